The fourth-order valence-electron chi connectivity index (χ4n) is 1.22. The van der Waals surface area contributed by atoms with Crippen molar-refractivity contribution in [3.63, 3.8) is 0 Å². The van der Waals surface area contributed by atoms with E-state index in [-0.39, 0.29) is 0 Å². The predicted octanol–water partition coefficient (Wildman–Crippen LogP) is 1.51. The molecule has 0 radical (unpaired) electrons. The van der Waals surface area contributed by atoms with E-state index in [1.165, 1.54) is 18.7 Å². The van der Waals surface area contributed by atoms with Crippen LogP contribution in [0.4, 0.5) is 0 Å². The molecule has 2 nitrogen and oxygen atoms in total. The van der Waals surface area contributed by atoms with Crippen molar-refractivity contribution in [1.82, 2.24) is 4.90 Å². The molecule has 1 aliphatic heterocycles. The maximum absolute atomic E-state index is 5.08. The monoisotopic (exact) mass is 163 g/mol. The first-order chi connectivity index (χ1) is 5.88. The lowest BCUT2D eigenvalue weighted by Gasteiger charge is -2.02. The Morgan fingerprint density at radius 3 is 2.42 bits per heavy atom. The zero-order chi connectivity index (χ0) is 8.39. The average molecular weight is 163 g/mol. The highest BCUT2D eigenvalue weighted by Crippen LogP contribution is 2.15. The first-order valence-corrected chi connectivity index (χ1v) is 4.24. The minimum absolute atomic E-state index is 0.935. The Morgan fingerprint density at radius 1 is 1.25 bits per heavy atom. The molecular formula is C10H13NO. The van der Waals surface area contributed by atoms with Crippen LogP contribution < -0.4 is 4.74 Å². The van der Waals surface area contributed by atoms with Gasteiger partial charge in [0.05, 0.1) is 7.11 Å². The van der Waals surface area contributed by atoms with Gasteiger partial charge in [-0.05, 0) is 17.7 Å². The van der Waals surface area contributed by atoms with E-state index in [0.29, 0.717) is 0 Å². The highest BCUT2D eigenvalue weighted by atomic mass is 16.5. The fourth-order valence-corrected chi connectivity index (χ4v) is 1.22. The van der Waals surface area contributed by atoms with Crippen molar-refractivity contribution in [2.24, 2.45) is 0 Å². The molecule has 12 heavy (non-hydrogen) atoms. The smallest absolute Gasteiger partial charge is 0.118 e. The van der Waals surface area contributed by atoms with Crippen molar-refractivity contribution in [3.05, 3.63) is 29.8 Å². The van der Waals surface area contributed by atoms with Crippen LogP contribution in [0.15, 0.2) is 24.3 Å². The van der Waals surface area contributed by atoms with Crippen LogP contribution in [0.2, 0.25) is 0 Å². The van der Waals surface area contributed by atoms with Gasteiger partial charge in [0, 0.05) is 19.6 Å². The third-order valence-corrected chi connectivity index (χ3v) is 2.11. The van der Waals surface area contributed by atoms with E-state index in [9.17, 15) is 0 Å². The van der Waals surface area contributed by atoms with E-state index < -0.39 is 0 Å². The van der Waals surface area contributed by atoms with Gasteiger partial charge < -0.3 is 4.74 Å². The third-order valence-electron chi connectivity index (χ3n) is 2.11. The number of ether oxygens (including phenoxy) is 1. The van der Waals surface area contributed by atoms with Crippen molar-refractivity contribution in [1.29, 1.82) is 0 Å². The van der Waals surface area contributed by atoms with Gasteiger partial charge in [0.1, 0.15) is 5.75 Å². The van der Waals surface area contributed by atoms with Gasteiger partial charge in [0.15, 0.2) is 0 Å². The van der Waals surface area contributed by atoms with E-state index in [1.807, 2.05) is 12.1 Å². The van der Waals surface area contributed by atoms with Gasteiger partial charge in [-0.15, -0.1) is 0 Å². The second-order valence-corrected chi connectivity index (χ2v) is 3.12. The van der Waals surface area contributed by atoms with Crippen LogP contribution in [0, 0.1) is 0 Å². The van der Waals surface area contributed by atoms with Gasteiger partial charge in [-0.3, -0.25) is 4.90 Å². The van der Waals surface area contributed by atoms with Crippen molar-refractivity contribution in [3.8, 4) is 5.75 Å². The standard InChI is InChI=1S/C10H13NO/c1-12-10-4-2-9(3-5-10)8-11-6-7-11/h2-5H,6-8H2,1H3. The lowest BCUT2D eigenvalue weighted by molar-refractivity contribution is 0.414. The molecule has 64 valence electrons. The van der Waals surface area contributed by atoms with Gasteiger partial charge in [0.25, 0.3) is 0 Å². The molecule has 1 aromatic rings. The molecule has 0 N–H and O–H groups in total. The molecule has 2 rings (SSSR count). The Morgan fingerprint density at radius 2 is 1.92 bits per heavy atom. The van der Waals surface area contributed by atoms with Crippen molar-refractivity contribution in [2.45, 2.75) is 6.54 Å². The summed E-state index contributed by atoms with van der Waals surface area (Å²) < 4.78 is 5.08. The van der Waals surface area contributed by atoms with Gasteiger partial charge in [-0.1, -0.05) is 12.1 Å². The number of rotatable bonds is 3. The van der Waals surface area contributed by atoms with Gasteiger partial charge >= 0.3 is 0 Å². The van der Waals surface area contributed by atoms with E-state index >= 15 is 0 Å². The lowest BCUT2D eigenvalue weighted by atomic mass is 10.2. The SMILES string of the molecule is COc1ccc(CN2CC2)cc1. The van der Waals surface area contributed by atoms with Crippen LogP contribution in [-0.2, 0) is 6.54 Å². The molecule has 0 aromatic heterocycles. The topological polar surface area (TPSA) is 12.2 Å². The first-order valence-electron chi connectivity index (χ1n) is 4.24. The molecule has 0 amide bonds. The Kier molecular flexibility index (Phi) is 2.00. The summed E-state index contributed by atoms with van der Waals surface area (Å²) in [7, 11) is 1.69. The van der Waals surface area contributed by atoms with Crippen molar-refractivity contribution < 1.29 is 4.74 Å². The molecule has 1 fully saturated rings. The Balaban J connectivity index is 2.02. The highest BCUT2D eigenvalue weighted by Gasteiger charge is 2.16. The Labute approximate surface area is 72.8 Å². The average Bonchev–Trinajstić information content (AvgIpc) is 2.90. The van der Waals surface area contributed by atoms with Gasteiger partial charge in [-0.2, -0.15) is 0 Å². The largest absolute Gasteiger partial charge is 0.497 e. The maximum Gasteiger partial charge on any atom is 0.118 e. The summed E-state index contributed by atoms with van der Waals surface area (Å²) in [4.78, 5) is 2.39. The van der Waals surface area contributed by atoms with Crippen LogP contribution in [0.1, 0.15) is 5.56 Å². The number of hydrogen-bond donors (Lipinski definition) is 0. The Hall–Kier alpha value is -1.02. The molecule has 0 bridgehead atoms. The normalized spacial score (nSPS) is 16.1. The number of hydrogen-bond acceptors (Lipinski definition) is 2. The molecule has 1 saturated heterocycles. The summed E-state index contributed by atoms with van der Waals surface area (Å²) in [6.45, 7) is 3.60. The van der Waals surface area contributed by atoms with E-state index in [0.717, 1.165) is 12.3 Å². The zero-order valence-electron chi connectivity index (χ0n) is 7.29. The first kappa shape index (κ1) is 7.62. The van der Waals surface area contributed by atoms with Crippen LogP contribution in [0.3, 0.4) is 0 Å². The second-order valence-electron chi connectivity index (χ2n) is 3.12. The van der Waals surface area contributed by atoms with E-state index in [1.54, 1.807) is 7.11 Å². The van der Waals surface area contributed by atoms with Crippen LogP contribution in [-0.4, -0.2) is 25.1 Å². The second kappa shape index (κ2) is 3.15. The highest BCUT2D eigenvalue weighted by molar-refractivity contribution is 5.27. The van der Waals surface area contributed by atoms with E-state index in [4.69, 9.17) is 4.74 Å². The van der Waals surface area contributed by atoms with Crippen LogP contribution >= 0.6 is 0 Å². The summed E-state index contributed by atoms with van der Waals surface area (Å²) in [6.07, 6.45) is 0. The third kappa shape index (κ3) is 1.77. The molecule has 1 aromatic carbocycles. The molecule has 1 aliphatic rings. The number of methoxy groups -OCH3 is 1. The minimum Gasteiger partial charge on any atom is -0.497 e. The fraction of sp³-hybridized carbons (Fsp3) is 0.400. The lowest BCUT2D eigenvalue weighted by Crippen LogP contribution is -1.96. The summed E-state index contributed by atoms with van der Waals surface area (Å²) in [5.74, 6) is 0.935. The predicted molar refractivity (Wildman–Crippen MR) is 48.3 cm³/mol. The minimum atomic E-state index is 0.935. The molecular weight excluding hydrogens is 150 g/mol. The Bertz CT molecular complexity index is 251. The molecule has 0 atom stereocenters. The maximum atomic E-state index is 5.08. The molecule has 2 heteroatoms. The van der Waals surface area contributed by atoms with Crippen molar-refractivity contribution in [2.75, 3.05) is 20.2 Å². The summed E-state index contributed by atoms with van der Waals surface area (Å²) >= 11 is 0. The molecule has 0 unspecified atom stereocenters. The summed E-state index contributed by atoms with van der Waals surface area (Å²) in [5.41, 5.74) is 1.37. The van der Waals surface area contributed by atoms with Gasteiger partial charge in [-0.25, -0.2) is 0 Å². The van der Waals surface area contributed by atoms with Crippen molar-refractivity contribution >= 4 is 0 Å². The van der Waals surface area contributed by atoms with Gasteiger partial charge in [0.2, 0.25) is 0 Å². The number of benzene rings is 1. The van der Waals surface area contributed by atoms with Crippen LogP contribution in [0.5, 0.6) is 5.75 Å². The summed E-state index contributed by atoms with van der Waals surface area (Å²) in [5, 5.41) is 0. The molecule has 0 aliphatic carbocycles. The molecule has 1 heterocycles. The quantitative estimate of drug-likeness (QED) is 0.626. The number of nitrogens with zero attached hydrogens (tertiary/aromatic N) is 1. The molecule has 0 saturated carbocycles. The molecule has 0 spiro atoms. The van der Waals surface area contributed by atoms with Crippen LogP contribution in [0.25, 0.3) is 0 Å². The van der Waals surface area contributed by atoms with E-state index in [2.05, 4.69) is 17.0 Å². The summed E-state index contributed by atoms with van der Waals surface area (Å²) in [6, 6.07) is 8.27. The zero-order valence-corrected chi connectivity index (χ0v) is 7.29.